The van der Waals surface area contributed by atoms with Crippen LogP contribution in [0.25, 0.3) is 21.7 Å². The number of nitrogens with one attached hydrogen (secondary N) is 1. The van der Waals surface area contributed by atoms with Crippen LogP contribution in [0.4, 0.5) is 5.69 Å². The number of hydrogen-bond acceptors (Lipinski definition) is 2. The standard InChI is InChI=1S/C14H10N2O/c17-9-16-13-8-10-4-3-7-15-14(10)12-6-2-1-5-11(12)13/h1-9H,(H,16,17). The Morgan fingerprint density at radius 1 is 1.06 bits per heavy atom. The Kier molecular flexibility index (Phi) is 2.22. The normalized spacial score (nSPS) is 10.6. The molecule has 1 aromatic heterocycles. The van der Waals surface area contributed by atoms with Gasteiger partial charge in [-0.25, -0.2) is 0 Å². The van der Waals surface area contributed by atoms with Crippen molar-refractivity contribution in [2.75, 3.05) is 5.32 Å². The largest absolute Gasteiger partial charge is 0.328 e. The molecule has 3 nitrogen and oxygen atoms in total. The van der Waals surface area contributed by atoms with E-state index < -0.39 is 0 Å². The Morgan fingerprint density at radius 2 is 1.88 bits per heavy atom. The Bertz CT molecular complexity index is 707. The maximum Gasteiger partial charge on any atom is 0.211 e. The molecule has 3 heteroatoms. The summed E-state index contributed by atoms with van der Waals surface area (Å²) in [4.78, 5) is 15.0. The van der Waals surface area contributed by atoms with Crippen LogP contribution in [0.2, 0.25) is 0 Å². The van der Waals surface area contributed by atoms with E-state index in [9.17, 15) is 4.79 Å². The van der Waals surface area contributed by atoms with Crippen LogP contribution < -0.4 is 5.32 Å². The van der Waals surface area contributed by atoms with Gasteiger partial charge in [-0.3, -0.25) is 9.78 Å². The van der Waals surface area contributed by atoms with E-state index in [1.54, 1.807) is 6.20 Å². The van der Waals surface area contributed by atoms with Crippen LogP contribution >= 0.6 is 0 Å². The van der Waals surface area contributed by atoms with Crippen LogP contribution in [0, 0.1) is 0 Å². The molecule has 1 heterocycles. The van der Waals surface area contributed by atoms with Crippen LogP contribution in [-0.2, 0) is 4.79 Å². The van der Waals surface area contributed by atoms with Crippen molar-refractivity contribution in [2.45, 2.75) is 0 Å². The Labute approximate surface area is 98.1 Å². The summed E-state index contributed by atoms with van der Waals surface area (Å²) < 4.78 is 0. The zero-order valence-electron chi connectivity index (χ0n) is 9.05. The van der Waals surface area contributed by atoms with Crippen molar-refractivity contribution < 1.29 is 4.79 Å². The molecule has 17 heavy (non-hydrogen) atoms. The first-order chi connectivity index (χ1) is 8.40. The van der Waals surface area contributed by atoms with E-state index in [0.717, 1.165) is 27.4 Å². The fourth-order valence-electron chi connectivity index (χ4n) is 2.10. The van der Waals surface area contributed by atoms with Gasteiger partial charge in [-0.1, -0.05) is 30.3 Å². The number of rotatable bonds is 2. The Hall–Kier alpha value is -2.42. The van der Waals surface area contributed by atoms with Crippen LogP contribution in [0.15, 0.2) is 48.7 Å². The lowest BCUT2D eigenvalue weighted by Crippen LogP contribution is -1.95. The molecule has 3 rings (SSSR count). The summed E-state index contributed by atoms with van der Waals surface area (Å²) in [5, 5.41) is 5.81. The van der Waals surface area contributed by atoms with Crippen molar-refractivity contribution in [1.82, 2.24) is 4.98 Å². The van der Waals surface area contributed by atoms with Crippen LogP contribution in [0.3, 0.4) is 0 Å². The van der Waals surface area contributed by atoms with Crippen molar-refractivity contribution in [1.29, 1.82) is 0 Å². The second-order valence-corrected chi connectivity index (χ2v) is 3.81. The molecule has 0 radical (unpaired) electrons. The summed E-state index contributed by atoms with van der Waals surface area (Å²) in [6, 6.07) is 13.7. The second-order valence-electron chi connectivity index (χ2n) is 3.81. The maximum absolute atomic E-state index is 10.6. The molecule has 0 bridgehead atoms. The third-order valence-electron chi connectivity index (χ3n) is 2.83. The predicted molar refractivity (Wildman–Crippen MR) is 68.9 cm³/mol. The molecule has 0 spiro atoms. The molecule has 0 unspecified atom stereocenters. The summed E-state index contributed by atoms with van der Waals surface area (Å²) >= 11 is 0. The zero-order chi connectivity index (χ0) is 11.7. The van der Waals surface area contributed by atoms with E-state index in [0.29, 0.717) is 6.41 Å². The molecule has 82 valence electrons. The summed E-state index contributed by atoms with van der Waals surface area (Å²) in [6.07, 6.45) is 2.48. The van der Waals surface area contributed by atoms with Gasteiger partial charge in [0.15, 0.2) is 0 Å². The molecule has 3 aromatic rings. The lowest BCUT2D eigenvalue weighted by molar-refractivity contribution is -0.105. The van der Waals surface area contributed by atoms with Gasteiger partial charge in [0.2, 0.25) is 6.41 Å². The van der Waals surface area contributed by atoms with E-state index in [4.69, 9.17) is 0 Å². The van der Waals surface area contributed by atoms with Crippen molar-refractivity contribution in [3.05, 3.63) is 48.7 Å². The highest BCUT2D eigenvalue weighted by atomic mass is 16.1. The smallest absolute Gasteiger partial charge is 0.211 e. The molecule has 2 aromatic carbocycles. The van der Waals surface area contributed by atoms with Crippen molar-refractivity contribution in [3.63, 3.8) is 0 Å². The second kappa shape index (κ2) is 3.87. The van der Waals surface area contributed by atoms with Crippen molar-refractivity contribution in [3.8, 4) is 0 Å². The van der Waals surface area contributed by atoms with E-state index in [-0.39, 0.29) is 0 Å². The average molecular weight is 222 g/mol. The van der Waals surface area contributed by atoms with Crippen molar-refractivity contribution in [2.24, 2.45) is 0 Å². The van der Waals surface area contributed by atoms with Gasteiger partial charge >= 0.3 is 0 Å². The number of amides is 1. The minimum Gasteiger partial charge on any atom is -0.328 e. The first kappa shape index (κ1) is 9.78. The molecule has 1 N–H and O–H groups in total. The lowest BCUT2D eigenvalue weighted by Gasteiger charge is -2.08. The highest BCUT2D eigenvalue weighted by Gasteiger charge is 2.05. The number of aromatic nitrogens is 1. The summed E-state index contributed by atoms with van der Waals surface area (Å²) in [7, 11) is 0. The van der Waals surface area contributed by atoms with Crippen LogP contribution in [0.5, 0.6) is 0 Å². The molecule has 1 amide bonds. The molecule has 0 aliphatic heterocycles. The van der Waals surface area contributed by atoms with Gasteiger partial charge < -0.3 is 5.32 Å². The summed E-state index contributed by atoms with van der Waals surface area (Å²) in [5.74, 6) is 0. The molecular formula is C14H10N2O. The minimum atomic E-state index is 0.698. The van der Waals surface area contributed by atoms with Crippen LogP contribution in [0.1, 0.15) is 0 Å². The maximum atomic E-state index is 10.6. The quantitative estimate of drug-likeness (QED) is 0.535. The highest BCUT2D eigenvalue weighted by Crippen LogP contribution is 2.30. The van der Waals surface area contributed by atoms with Gasteiger partial charge in [-0.2, -0.15) is 0 Å². The number of carbonyl (C=O) groups is 1. The summed E-state index contributed by atoms with van der Waals surface area (Å²) in [5.41, 5.74) is 1.77. The third-order valence-corrected chi connectivity index (χ3v) is 2.83. The van der Waals surface area contributed by atoms with E-state index in [1.165, 1.54) is 0 Å². The summed E-state index contributed by atoms with van der Waals surface area (Å²) in [6.45, 7) is 0. The molecular weight excluding hydrogens is 212 g/mol. The van der Waals surface area contributed by atoms with E-state index >= 15 is 0 Å². The number of benzene rings is 2. The molecule has 0 saturated carbocycles. The van der Waals surface area contributed by atoms with E-state index in [1.807, 2.05) is 42.5 Å². The Balaban J connectivity index is 2.49. The van der Waals surface area contributed by atoms with Crippen LogP contribution in [-0.4, -0.2) is 11.4 Å². The third kappa shape index (κ3) is 1.52. The predicted octanol–water partition coefficient (Wildman–Crippen LogP) is 2.96. The first-order valence-corrected chi connectivity index (χ1v) is 5.37. The fourth-order valence-corrected chi connectivity index (χ4v) is 2.10. The lowest BCUT2D eigenvalue weighted by atomic mass is 10.0. The number of hydrogen-bond donors (Lipinski definition) is 1. The molecule has 0 aliphatic carbocycles. The zero-order valence-corrected chi connectivity index (χ0v) is 9.05. The minimum absolute atomic E-state index is 0.698. The average Bonchev–Trinajstić information content (AvgIpc) is 2.39. The molecule has 0 fully saturated rings. The van der Waals surface area contributed by atoms with E-state index in [2.05, 4.69) is 10.3 Å². The molecule has 0 saturated heterocycles. The Morgan fingerprint density at radius 3 is 2.71 bits per heavy atom. The first-order valence-electron chi connectivity index (χ1n) is 5.37. The highest BCUT2D eigenvalue weighted by molar-refractivity contribution is 6.12. The number of nitrogens with zero attached hydrogens (tertiary/aromatic N) is 1. The number of anilines is 1. The van der Waals surface area contributed by atoms with Gasteiger partial charge in [0.25, 0.3) is 0 Å². The van der Waals surface area contributed by atoms with Gasteiger partial charge in [-0.05, 0) is 12.1 Å². The number of pyridine rings is 1. The van der Waals surface area contributed by atoms with Gasteiger partial charge in [-0.15, -0.1) is 0 Å². The number of carbonyl (C=O) groups excluding carboxylic acids is 1. The fraction of sp³-hybridized carbons (Fsp3) is 0. The van der Waals surface area contributed by atoms with Gasteiger partial charge in [0.05, 0.1) is 5.52 Å². The van der Waals surface area contributed by atoms with Gasteiger partial charge in [0, 0.05) is 28.0 Å². The SMILES string of the molecule is O=CNc1cc2cccnc2c2ccccc12. The monoisotopic (exact) mass is 222 g/mol. The van der Waals surface area contributed by atoms with Gasteiger partial charge in [0.1, 0.15) is 0 Å². The van der Waals surface area contributed by atoms with Crippen molar-refractivity contribution >= 4 is 33.8 Å². The topological polar surface area (TPSA) is 42.0 Å². The molecule has 0 atom stereocenters. The number of fused-ring (bicyclic) bond motifs is 3. The molecule has 0 aliphatic rings.